The molecule has 160 valence electrons. The molecule has 0 unspecified atom stereocenters. The van der Waals surface area contributed by atoms with Crippen molar-refractivity contribution in [2.75, 3.05) is 4.90 Å². The number of benzene rings is 3. The van der Waals surface area contributed by atoms with Gasteiger partial charge >= 0.3 is 0 Å². The smallest absolute Gasteiger partial charge is 0.270 e. The van der Waals surface area contributed by atoms with Crippen molar-refractivity contribution in [3.05, 3.63) is 100.0 Å². The summed E-state index contributed by atoms with van der Waals surface area (Å²) in [5, 5.41) is 0. The maximum absolute atomic E-state index is 13.1. The van der Waals surface area contributed by atoms with Crippen LogP contribution in [0.1, 0.15) is 27.0 Å². The Balaban J connectivity index is 1.54. The summed E-state index contributed by atoms with van der Waals surface area (Å²) in [4.78, 5) is 26.7. The highest BCUT2D eigenvalue weighted by Gasteiger charge is 2.35. The van der Waals surface area contributed by atoms with Gasteiger partial charge in [-0.1, -0.05) is 78.1 Å². The number of rotatable bonds is 6. The van der Waals surface area contributed by atoms with Gasteiger partial charge in [-0.25, -0.2) is 0 Å². The van der Waals surface area contributed by atoms with Crippen molar-refractivity contribution in [3.63, 3.8) is 0 Å². The molecule has 3 aromatic carbocycles. The van der Waals surface area contributed by atoms with Crippen molar-refractivity contribution in [3.8, 4) is 5.75 Å². The minimum atomic E-state index is -0.614. The number of nitrogens with zero attached hydrogens (tertiary/aromatic N) is 1. The lowest BCUT2D eigenvalue weighted by atomic mass is 10.1. The van der Waals surface area contributed by atoms with Crippen LogP contribution in [0.25, 0.3) is 6.08 Å². The van der Waals surface area contributed by atoms with Gasteiger partial charge in [0.15, 0.2) is 4.32 Å². The SMILES string of the molecule is Cc1ccc(COc2cccc(/C=C3\SC(=S)N(c4ccccc4C(N)=O)C3=O)c2)cc1. The molecule has 0 bridgehead atoms. The fourth-order valence-corrected chi connectivity index (χ4v) is 4.53. The first kappa shape index (κ1) is 21.8. The van der Waals surface area contributed by atoms with Gasteiger partial charge in [0.05, 0.1) is 16.2 Å². The molecule has 0 aromatic heterocycles. The minimum Gasteiger partial charge on any atom is -0.489 e. The molecule has 1 heterocycles. The third kappa shape index (κ3) is 4.74. The molecule has 5 nitrogen and oxygen atoms in total. The van der Waals surface area contributed by atoms with Crippen molar-refractivity contribution in [2.45, 2.75) is 13.5 Å². The van der Waals surface area contributed by atoms with Crippen LogP contribution < -0.4 is 15.4 Å². The van der Waals surface area contributed by atoms with Gasteiger partial charge in [-0.2, -0.15) is 0 Å². The van der Waals surface area contributed by atoms with E-state index in [2.05, 4.69) is 0 Å². The molecule has 2 N–H and O–H groups in total. The van der Waals surface area contributed by atoms with E-state index in [0.717, 1.165) is 11.1 Å². The van der Waals surface area contributed by atoms with Crippen LogP contribution in [0.5, 0.6) is 5.75 Å². The second kappa shape index (κ2) is 9.38. The average Bonchev–Trinajstić information content (AvgIpc) is 3.06. The number of thiocarbonyl (C=S) groups is 1. The van der Waals surface area contributed by atoms with E-state index in [9.17, 15) is 9.59 Å². The quantitative estimate of drug-likeness (QED) is 0.410. The highest BCUT2D eigenvalue weighted by Crippen LogP contribution is 2.37. The number of nitrogens with two attached hydrogens (primary N) is 1. The molecule has 0 saturated carbocycles. The maximum Gasteiger partial charge on any atom is 0.270 e. The van der Waals surface area contributed by atoms with E-state index in [-0.39, 0.29) is 11.5 Å². The first-order chi connectivity index (χ1) is 15.4. The number of carbonyl (C=O) groups is 2. The lowest BCUT2D eigenvalue weighted by molar-refractivity contribution is -0.113. The Labute approximate surface area is 195 Å². The van der Waals surface area contributed by atoms with Crippen LogP contribution in [0.15, 0.2) is 77.7 Å². The van der Waals surface area contributed by atoms with E-state index in [4.69, 9.17) is 22.7 Å². The first-order valence-electron chi connectivity index (χ1n) is 9.87. The van der Waals surface area contributed by atoms with Crippen molar-refractivity contribution in [1.29, 1.82) is 0 Å². The predicted molar refractivity (Wildman–Crippen MR) is 133 cm³/mol. The Kier molecular flexibility index (Phi) is 6.39. The fourth-order valence-electron chi connectivity index (χ4n) is 3.25. The van der Waals surface area contributed by atoms with Crippen LogP contribution in [0.3, 0.4) is 0 Å². The average molecular weight is 461 g/mol. The maximum atomic E-state index is 13.1. The molecule has 0 spiro atoms. The van der Waals surface area contributed by atoms with Gasteiger partial charge < -0.3 is 10.5 Å². The minimum absolute atomic E-state index is 0.247. The zero-order chi connectivity index (χ0) is 22.7. The molecule has 32 heavy (non-hydrogen) atoms. The number of primary amides is 1. The standard InChI is InChI=1S/C25H20N2O3S2/c1-16-9-11-17(12-10-16)15-30-19-6-4-5-18(13-19)14-22-24(29)27(25(31)32-22)21-8-3-2-7-20(21)23(26)28/h2-14H,15H2,1H3,(H2,26,28)/b22-14-. The van der Waals surface area contributed by atoms with Gasteiger partial charge in [0.1, 0.15) is 12.4 Å². The molecule has 7 heteroatoms. The number of anilines is 1. The van der Waals surface area contributed by atoms with Crippen LogP contribution in [-0.2, 0) is 11.4 Å². The Morgan fingerprint density at radius 2 is 1.84 bits per heavy atom. The Bertz CT molecular complexity index is 1240. The van der Waals surface area contributed by atoms with E-state index in [0.29, 0.717) is 27.3 Å². The summed E-state index contributed by atoms with van der Waals surface area (Å²) in [6.07, 6.45) is 1.77. The van der Waals surface area contributed by atoms with Crippen LogP contribution in [-0.4, -0.2) is 16.1 Å². The Morgan fingerprint density at radius 1 is 1.09 bits per heavy atom. The van der Waals surface area contributed by atoms with Crippen LogP contribution in [0.4, 0.5) is 5.69 Å². The van der Waals surface area contributed by atoms with E-state index in [1.54, 1.807) is 30.3 Å². The summed E-state index contributed by atoms with van der Waals surface area (Å²) < 4.78 is 6.26. The summed E-state index contributed by atoms with van der Waals surface area (Å²) in [7, 11) is 0. The highest BCUT2D eigenvalue weighted by atomic mass is 32.2. The Morgan fingerprint density at radius 3 is 2.59 bits per heavy atom. The van der Waals surface area contributed by atoms with Crippen molar-refractivity contribution in [1.82, 2.24) is 0 Å². The third-order valence-electron chi connectivity index (χ3n) is 4.89. The first-order valence-corrected chi connectivity index (χ1v) is 11.1. The molecule has 0 atom stereocenters. The molecule has 2 amide bonds. The van der Waals surface area contributed by atoms with Gasteiger partial charge in [-0.05, 0) is 48.4 Å². The highest BCUT2D eigenvalue weighted by molar-refractivity contribution is 8.27. The molecule has 0 aliphatic carbocycles. The van der Waals surface area contributed by atoms with Crippen LogP contribution in [0, 0.1) is 6.92 Å². The second-order valence-corrected chi connectivity index (χ2v) is 8.92. The Hall–Kier alpha value is -3.42. The van der Waals surface area contributed by atoms with E-state index in [1.807, 2.05) is 55.5 Å². The monoisotopic (exact) mass is 460 g/mol. The molecule has 1 aliphatic heterocycles. The second-order valence-electron chi connectivity index (χ2n) is 7.25. The fraction of sp³-hybridized carbons (Fsp3) is 0.0800. The lowest BCUT2D eigenvalue weighted by Crippen LogP contribution is -2.30. The largest absolute Gasteiger partial charge is 0.489 e. The molecule has 1 fully saturated rings. The number of para-hydroxylation sites is 1. The normalized spacial score (nSPS) is 14.8. The van der Waals surface area contributed by atoms with E-state index < -0.39 is 5.91 Å². The van der Waals surface area contributed by atoms with E-state index in [1.165, 1.54) is 22.2 Å². The van der Waals surface area contributed by atoms with Gasteiger partial charge in [0.2, 0.25) is 0 Å². The number of hydrogen-bond acceptors (Lipinski definition) is 5. The number of ether oxygens (including phenoxy) is 1. The molecule has 4 rings (SSSR count). The number of thioether (sulfide) groups is 1. The molecule has 1 aliphatic rings. The number of amides is 2. The summed E-state index contributed by atoms with van der Waals surface area (Å²) in [6.45, 7) is 2.50. The van der Waals surface area contributed by atoms with Gasteiger partial charge in [0, 0.05) is 0 Å². The van der Waals surface area contributed by atoms with Gasteiger partial charge in [0.25, 0.3) is 11.8 Å². The number of carbonyl (C=O) groups excluding carboxylic acids is 2. The molecular weight excluding hydrogens is 440 g/mol. The molecular formula is C25H20N2O3S2. The van der Waals surface area contributed by atoms with Crippen molar-refractivity contribution in [2.24, 2.45) is 5.73 Å². The van der Waals surface area contributed by atoms with Crippen LogP contribution >= 0.6 is 24.0 Å². The molecule has 1 saturated heterocycles. The lowest BCUT2D eigenvalue weighted by Gasteiger charge is -2.17. The van der Waals surface area contributed by atoms with Crippen molar-refractivity contribution >= 4 is 51.9 Å². The number of hydrogen-bond donors (Lipinski definition) is 1. The summed E-state index contributed by atoms with van der Waals surface area (Å²) >= 11 is 6.61. The topological polar surface area (TPSA) is 72.6 Å². The van der Waals surface area contributed by atoms with Gasteiger partial charge in [-0.3, -0.25) is 14.5 Å². The van der Waals surface area contributed by atoms with E-state index >= 15 is 0 Å². The zero-order valence-electron chi connectivity index (χ0n) is 17.3. The predicted octanol–water partition coefficient (Wildman–Crippen LogP) is 5.08. The van der Waals surface area contributed by atoms with Gasteiger partial charge in [-0.15, -0.1) is 0 Å². The zero-order valence-corrected chi connectivity index (χ0v) is 18.9. The summed E-state index contributed by atoms with van der Waals surface area (Å²) in [6, 6.07) is 22.4. The molecule has 0 radical (unpaired) electrons. The summed E-state index contributed by atoms with van der Waals surface area (Å²) in [5.74, 6) is -0.203. The number of aryl methyl sites for hydroxylation is 1. The van der Waals surface area contributed by atoms with Crippen LogP contribution in [0.2, 0.25) is 0 Å². The third-order valence-corrected chi connectivity index (χ3v) is 6.19. The summed E-state index contributed by atoms with van der Waals surface area (Å²) in [5.41, 5.74) is 9.20. The van der Waals surface area contributed by atoms with Crippen molar-refractivity contribution < 1.29 is 14.3 Å². The molecule has 3 aromatic rings.